The van der Waals surface area contributed by atoms with Gasteiger partial charge >= 0.3 is 12.2 Å². The van der Waals surface area contributed by atoms with Gasteiger partial charge in [0.25, 0.3) is 0 Å². The van der Waals surface area contributed by atoms with Crippen molar-refractivity contribution in [3.8, 4) is 0 Å². The van der Waals surface area contributed by atoms with Gasteiger partial charge in [-0.05, 0) is 38.0 Å². The lowest BCUT2D eigenvalue weighted by Gasteiger charge is -2.48. The summed E-state index contributed by atoms with van der Waals surface area (Å²) < 4.78 is 44.1. The van der Waals surface area contributed by atoms with Gasteiger partial charge in [-0.2, -0.15) is 0 Å². The van der Waals surface area contributed by atoms with Crippen molar-refractivity contribution in [3.05, 3.63) is 0 Å². The molecule has 0 aromatic rings. The number of nitrogens with one attached hydrogen (secondary N) is 5. The van der Waals surface area contributed by atoms with Crippen LogP contribution in [0.15, 0.2) is 0 Å². The molecule has 0 bridgehead atoms. The van der Waals surface area contributed by atoms with Crippen molar-refractivity contribution in [3.63, 3.8) is 0 Å². The first-order valence-corrected chi connectivity index (χ1v) is 21.5. The number of hydrogen-bond acceptors (Lipinski definition) is 19. The van der Waals surface area contributed by atoms with Crippen LogP contribution in [0.3, 0.4) is 0 Å². The number of ether oxygens (including phenoxy) is 8. The zero-order chi connectivity index (χ0) is 48.1. The highest BCUT2D eigenvalue weighted by Gasteiger charge is 2.52. The molecule has 0 aromatic carbocycles. The number of methoxy groups -OCH3 is 2. The van der Waals surface area contributed by atoms with Crippen molar-refractivity contribution in [1.82, 2.24) is 26.6 Å². The van der Waals surface area contributed by atoms with Gasteiger partial charge in [-0.3, -0.25) is 14.4 Å². The molecule has 4 unspecified atom stereocenters. The first-order valence-electron chi connectivity index (χ1n) is 21.5. The number of rotatable bonds is 27. The van der Waals surface area contributed by atoms with E-state index in [9.17, 15) is 54.6 Å². The molecule has 24 heteroatoms. The highest BCUT2D eigenvalue weighted by Crippen LogP contribution is 2.34. The van der Waals surface area contributed by atoms with Crippen LogP contribution in [-0.4, -0.2) is 207 Å². The number of aliphatic hydroxyl groups is 6. The quantitative estimate of drug-likeness (QED) is 0.0369. The molecule has 24 nitrogen and oxygen atoms in total. The van der Waals surface area contributed by atoms with Crippen molar-refractivity contribution in [1.29, 1.82) is 0 Å². The Bertz CT molecular complexity index is 1420. The van der Waals surface area contributed by atoms with Gasteiger partial charge in [-0.1, -0.05) is 27.7 Å². The predicted octanol–water partition coefficient (Wildman–Crippen LogP) is -2.88. The third-order valence-corrected chi connectivity index (χ3v) is 10.5. The molecule has 64 heavy (non-hydrogen) atoms. The maximum absolute atomic E-state index is 13.3. The minimum absolute atomic E-state index is 0.00529. The van der Waals surface area contributed by atoms with Crippen LogP contribution in [0.1, 0.15) is 67.2 Å². The van der Waals surface area contributed by atoms with Gasteiger partial charge < -0.3 is 95.1 Å². The van der Waals surface area contributed by atoms with Crippen LogP contribution in [0.25, 0.3) is 0 Å². The zero-order valence-corrected chi connectivity index (χ0v) is 38.1. The lowest BCUT2D eigenvalue weighted by atomic mass is 9.89. The highest BCUT2D eigenvalue weighted by molar-refractivity contribution is 5.89. The first kappa shape index (κ1) is 56.6. The monoisotopic (exact) mass is 927 g/mol. The third-order valence-electron chi connectivity index (χ3n) is 10.5. The summed E-state index contributed by atoms with van der Waals surface area (Å²) in [6.45, 7) is 8.72. The van der Waals surface area contributed by atoms with Gasteiger partial charge in [0.05, 0.1) is 51.2 Å². The van der Waals surface area contributed by atoms with Crippen LogP contribution in [0.5, 0.6) is 0 Å². The smallest absolute Gasteiger partial charge is 0.407 e. The second-order valence-electron chi connectivity index (χ2n) is 16.6. The molecule has 0 spiro atoms. The van der Waals surface area contributed by atoms with E-state index in [1.165, 1.54) is 28.1 Å². The molecule has 2 fully saturated rings. The predicted molar refractivity (Wildman–Crippen MR) is 222 cm³/mol. The Morgan fingerprint density at radius 1 is 0.828 bits per heavy atom. The van der Waals surface area contributed by atoms with E-state index >= 15 is 0 Å². The summed E-state index contributed by atoms with van der Waals surface area (Å²) >= 11 is 0. The van der Waals surface area contributed by atoms with E-state index in [0.29, 0.717) is 12.8 Å². The van der Waals surface area contributed by atoms with Crippen molar-refractivity contribution < 1.29 is 92.5 Å². The van der Waals surface area contributed by atoms with Gasteiger partial charge in [0, 0.05) is 34.1 Å². The first-order chi connectivity index (χ1) is 30.2. The summed E-state index contributed by atoms with van der Waals surface area (Å²) in [4.78, 5) is 62.8. The third kappa shape index (κ3) is 18.8. The largest absolute Gasteiger partial charge is 0.447 e. The number of aliphatic hydroxyl groups excluding tert-OH is 6. The SMILES string of the molecule is COCCOC(=O)NCCCCC(NC(=O)OCCOC)C(=O)NCC(=O)N[C@H]1C([C@H](O)[C@H](O)CO)O[C@](C)(OCC2O[C@@H](OC(C(C)C)C(C)C)C(NC(C)=O)[C@@H](O)[C@H]2O)C[C@@H]1O. The Labute approximate surface area is 373 Å². The van der Waals surface area contributed by atoms with Crippen LogP contribution in [-0.2, 0) is 52.3 Å². The van der Waals surface area contributed by atoms with Crippen LogP contribution >= 0.6 is 0 Å². The maximum Gasteiger partial charge on any atom is 0.407 e. The second-order valence-corrected chi connectivity index (χ2v) is 16.6. The van der Waals surface area contributed by atoms with Crippen molar-refractivity contribution in [2.75, 3.05) is 67.0 Å². The molecule has 0 radical (unpaired) electrons. The Morgan fingerprint density at radius 3 is 2.03 bits per heavy atom. The van der Waals surface area contributed by atoms with Gasteiger partial charge in [-0.25, -0.2) is 9.59 Å². The van der Waals surface area contributed by atoms with E-state index in [0.717, 1.165) is 0 Å². The molecule has 2 rings (SSSR count). The maximum atomic E-state index is 13.3. The van der Waals surface area contributed by atoms with Crippen molar-refractivity contribution in [2.24, 2.45) is 11.8 Å². The molecular formula is C40H73N5O19. The molecule has 0 aliphatic carbocycles. The van der Waals surface area contributed by atoms with Crippen LogP contribution in [0.4, 0.5) is 9.59 Å². The lowest BCUT2D eigenvalue weighted by Crippen LogP contribution is -2.67. The summed E-state index contributed by atoms with van der Waals surface area (Å²) in [6.07, 6.45) is -14.1. The zero-order valence-electron chi connectivity index (χ0n) is 38.1. The minimum Gasteiger partial charge on any atom is -0.447 e. The molecular weight excluding hydrogens is 854 g/mol. The summed E-state index contributed by atoms with van der Waals surface area (Å²) in [5.41, 5.74) is 0. The number of unbranched alkanes of at least 4 members (excludes halogenated alkanes) is 1. The Morgan fingerprint density at radius 2 is 1.45 bits per heavy atom. The summed E-state index contributed by atoms with van der Waals surface area (Å²) in [5.74, 6) is -3.96. The van der Waals surface area contributed by atoms with E-state index in [1.54, 1.807) is 0 Å². The minimum atomic E-state index is -1.92. The molecule has 2 aliphatic heterocycles. The van der Waals surface area contributed by atoms with Gasteiger partial charge in [0.1, 0.15) is 61.9 Å². The fraction of sp³-hybridized carbons (Fsp3) is 0.875. The lowest BCUT2D eigenvalue weighted by molar-refractivity contribution is -0.336. The topological polar surface area (TPSA) is 341 Å². The molecule has 12 atom stereocenters. The summed E-state index contributed by atoms with van der Waals surface area (Å²) in [6, 6.07) is -3.79. The molecule has 11 N–H and O–H groups in total. The van der Waals surface area contributed by atoms with Gasteiger partial charge in [0.2, 0.25) is 17.7 Å². The van der Waals surface area contributed by atoms with Gasteiger partial charge in [-0.15, -0.1) is 0 Å². The van der Waals surface area contributed by atoms with Crippen molar-refractivity contribution in [2.45, 2.75) is 146 Å². The van der Waals surface area contributed by atoms with E-state index in [1.807, 2.05) is 27.7 Å². The Hall–Kier alpha value is -3.53. The van der Waals surface area contributed by atoms with E-state index in [4.69, 9.17) is 37.9 Å². The second kappa shape index (κ2) is 28.5. The fourth-order valence-electron chi connectivity index (χ4n) is 7.22. The average molecular weight is 928 g/mol. The summed E-state index contributed by atoms with van der Waals surface area (Å²) in [5, 5.41) is 77.2. The van der Waals surface area contributed by atoms with Crippen LogP contribution in [0, 0.1) is 11.8 Å². The average Bonchev–Trinajstić information content (AvgIpc) is 3.23. The summed E-state index contributed by atoms with van der Waals surface area (Å²) in [7, 11) is 2.87. The highest BCUT2D eigenvalue weighted by atomic mass is 16.7. The molecule has 0 aromatic heterocycles. The molecule has 2 saturated heterocycles. The number of amides is 5. The normalized spacial score (nSPS) is 27.3. The van der Waals surface area contributed by atoms with E-state index < -0.39 is 123 Å². The molecule has 2 aliphatic rings. The van der Waals surface area contributed by atoms with Crippen LogP contribution in [0.2, 0.25) is 0 Å². The van der Waals surface area contributed by atoms with E-state index in [2.05, 4.69) is 26.6 Å². The molecule has 5 amide bonds. The number of alkyl carbamates (subject to hydrolysis) is 2. The molecule has 372 valence electrons. The van der Waals surface area contributed by atoms with Crippen LogP contribution < -0.4 is 26.6 Å². The number of carbonyl (C=O) groups excluding carboxylic acids is 5. The number of carbonyl (C=O) groups is 5. The van der Waals surface area contributed by atoms with Crippen molar-refractivity contribution >= 4 is 29.9 Å². The fourth-order valence-corrected chi connectivity index (χ4v) is 7.22. The number of hydrogen-bond donors (Lipinski definition) is 11. The standard InChI is InChI=1S/C40H73N5O19/c1-21(2)34(22(3)4)63-37-30(43-23(5)47)33(53)32(52)27(62-37)20-61-40(6)17-25(48)29(35(64-40)31(51)26(49)19-46)45-28(50)18-42-36(54)24(44-39(56)60-16-14-58-8)11-9-10-12-41-38(55)59-15-13-57-7/h21-22,24-27,29-35,37,46,48-49,51-53H,9-20H2,1-8H3,(H,41,55)(H,42,54)(H,43,47)(H,44,56)(H,45,50)/t24?,25-,26+,27?,29+,30?,31+,32-,33+,35?,37-,40-/m0/s1. The van der Waals surface area contributed by atoms with Gasteiger partial charge in [0.15, 0.2) is 12.1 Å². The Balaban J connectivity index is 2.16. The van der Waals surface area contributed by atoms with E-state index in [-0.39, 0.29) is 63.8 Å². The molecule has 2 heterocycles. The molecule has 0 saturated carbocycles. The Kier molecular flexibility index (Phi) is 25.2.